The van der Waals surface area contributed by atoms with E-state index in [4.69, 9.17) is 0 Å². The molecule has 0 amide bonds. The molecule has 0 spiro atoms. The number of benzene rings is 2. The van der Waals surface area contributed by atoms with Crippen molar-refractivity contribution in [1.82, 2.24) is 10.2 Å². The van der Waals surface area contributed by atoms with Gasteiger partial charge in [0.25, 0.3) is 5.56 Å². The van der Waals surface area contributed by atoms with Crippen molar-refractivity contribution < 1.29 is 5.11 Å². The van der Waals surface area contributed by atoms with Crippen molar-refractivity contribution in [2.45, 2.75) is 0 Å². The summed E-state index contributed by atoms with van der Waals surface area (Å²) in [6.45, 7) is 0. The molecule has 1 aromatic heterocycles. The highest BCUT2D eigenvalue weighted by atomic mass is 16.3. The van der Waals surface area contributed by atoms with Crippen LogP contribution in [0.1, 0.15) is 0 Å². The molecule has 0 saturated heterocycles. The first-order chi connectivity index (χ1) is 8.77. The molecule has 88 valence electrons. The normalized spacial score (nSPS) is 10.7. The van der Waals surface area contributed by atoms with Crippen LogP contribution in [-0.4, -0.2) is 15.3 Å². The van der Waals surface area contributed by atoms with Gasteiger partial charge in [0.05, 0.1) is 10.8 Å². The molecule has 0 fully saturated rings. The Kier molecular flexibility index (Phi) is 2.34. The molecular weight excluding hydrogens is 228 g/mol. The second-order valence-electron chi connectivity index (χ2n) is 3.97. The predicted octanol–water partition coefficient (Wildman–Crippen LogP) is 2.30. The van der Waals surface area contributed by atoms with Gasteiger partial charge in [-0.05, 0) is 12.1 Å². The molecule has 0 radical (unpaired) electrons. The lowest BCUT2D eigenvalue weighted by molar-refractivity contribution is 0.481. The van der Waals surface area contributed by atoms with Gasteiger partial charge < -0.3 is 5.11 Å². The van der Waals surface area contributed by atoms with Gasteiger partial charge in [-0.3, -0.25) is 4.79 Å². The first kappa shape index (κ1) is 10.5. The molecule has 2 aromatic carbocycles. The summed E-state index contributed by atoms with van der Waals surface area (Å²) in [5.74, 6) is 0.0601. The quantitative estimate of drug-likeness (QED) is 0.683. The molecule has 3 rings (SSSR count). The second-order valence-corrected chi connectivity index (χ2v) is 3.97. The van der Waals surface area contributed by atoms with Crippen LogP contribution in [0.4, 0.5) is 0 Å². The van der Waals surface area contributed by atoms with Crippen molar-refractivity contribution in [3.05, 3.63) is 58.9 Å². The van der Waals surface area contributed by atoms with Gasteiger partial charge in [0.15, 0.2) is 0 Å². The lowest BCUT2D eigenvalue weighted by Crippen LogP contribution is -2.09. The maximum atomic E-state index is 11.7. The number of nitrogens with zero attached hydrogens (tertiary/aromatic N) is 1. The molecule has 0 aliphatic rings. The zero-order valence-electron chi connectivity index (χ0n) is 9.42. The standard InChI is InChI=1S/C14H10N2O2/c17-11-8-4-7-10-12(11)13(15-16-14(10)18)9-5-2-1-3-6-9/h1-8,17H,(H,16,18). The molecule has 4 heteroatoms. The van der Waals surface area contributed by atoms with E-state index in [-0.39, 0.29) is 11.3 Å². The second kappa shape index (κ2) is 4.00. The molecule has 0 aliphatic heterocycles. The number of rotatable bonds is 1. The van der Waals surface area contributed by atoms with Gasteiger partial charge in [-0.2, -0.15) is 5.10 Å². The number of hydrogen-bond acceptors (Lipinski definition) is 3. The van der Waals surface area contributed by atoms with E-state index in [9.17, 15) is 9.90 Å². The molecule has 1 heterocycles. The first-order valence-corrected chi connectivity index (χ1v) is 5.53. The van der Waals surface area contributed by atoms with Gasteiger partial charge in [0.1, 0.15) is 11.4 Å². The summed E-state index contributed by atoms with van der Waals surface area (Å²) in [7, 11) is 0. The Bertz CT molecular complexity index is 764. The molecule has 0 aliphatic carbocycles. The highest BCUT2D eigenvalue weighted by Gasteiger charge is 2.11. The zero-order chi connectivity index (χ0) is 12.5. The maximum absolute atomic E-state index is 11.7. The Morgan fingerprint density at radius 1 is 1.00 bits per heavy atom. The largest absolute Gasteiger partial charge is 0.507 e. The third kappa shape index (κ3) is 1.55. The predicted molar refractivity (Wildman–Crippen MR) is 69.5 cm³/mol. The molecule has 4 nitrogen and oxygen atoms in total. The van der Waals surface area contributed by atoms with Crippen LogP contribution in [0.15, 0.2) is 53.3 Å². The van der Waals surface area contributed by atoms with E-state index < -0.39 is 0 Å². The zero-order valence-corrected chi connectivity index (χ0v) is 9.42. The van der Waals surface area contributed by atoms with Gasteiger partial charge in [0, 0.05) is 5.56 Å². The average Bonchev–Trinajstić information content (AvgIpc) is 2.41. The van der Waals surface area contributed by atoms with Gasteiger partial charge in [-0.25, -0.2) is 5.10 Å². The van der Waals surface area contributed by atoms with Crippen LogP contribution in [0, 0.1) is 0 Å². The first-order valence-electron chi connectivity index (χ1n) is 5.53. The van der Waals surface area contributed by atoms with Crippen LogP contribution in [0.25, 0.3) is 22.0 Å². The third-order valence-corrected chi connectivity index (χ3v) is 2.84. The van der Waals surface area contributed by atoms with E-state index in [2.05, 4.69) is 10.2 Å². The minimum atomic E-state index is -0.305. The number of phenols is 1. The fourth-order valence-electron chi connectivity index (χ4n) is 2.01. The fourth-order valence-corrected chi connectivity index (χ4v) is 2.01. The summed E-state index contributed by atoms with van der Waals surface area (Å²) in [6, 6.07) is 14.3. The third-order valence-electron chi connectivity index (χ3n) is 2.84. The summed E-state index contributed by atoms with van der Waals surface area (Å²) < 4.78 is 0. The number of H-pyrrole nitrogens is 1. The van der Waals surface area contributed by atoms with Crippen molar-refractivity contribution in [3.63, 3.8) is 0 Å². The van der Waals surface area contributed by atoms with Crippen molar-refractivity contribution in [3.8, 4) is 17.0 Å². The Morgan fingerprint density at radius 2 is 1.78 bits per heavy atom. The number of phenolic OH excluding ortho intramolecular Hbond substituents is 1. The van der Waals surface area contributed by atoms with E-state index in [0.29, 0.717) is 16.5 Å². The number of hydrogen-bond donors (Lipinski definition) is 2. The topological polar surface area (TPSA) is 66.0 Å². The summed E-state index contributed by atoms with van der Waals surface area (Å²) in [5.41, 5.74) is 1.11. The number of aromatic amines is 1. The van der Waals surface area contributed by atoms with Crippen LogP contribution in [0.5, 0.6) is 5.75 Å². The Balaban J connectivity index is 2.45. The highest BCUT2D eigenvalue weighted by molar-refractivity contribution is 5.98. The van der Waals surface area contributed by atoms with Gasteiger partial charge >= 0.3 is 0 Å². The summed E-state index contributed by atoms with van der Waals surface area (Å²) in [4.78, 5) is 11.7. The Labute approximate surface area is 103 Å². The minimum absolute atomic E-state index is 0.0601. The van der Waals surface area contributed by atoms with Crippen LogP contribution in [-0.2, 0) is 0 Å². The molecule has 0 unspecified atom stereocenters. The van der Waals surface area contributed by atoms with Crippen LogP contribution in [0.2, 0.25) is 0 Å². The lowest BCUT2D eigenvalue weighted by atomic mass is 10.0. The van der Waals surface area contributed by atoms with Crippen LogP contribution < -0.4 is 5.56 Å². The Morgan fingerprint density at radius 3 is 2.56 bits per heavy atom. The van der Waals surface area contributed by atoms with Crippen molar-refractivity contribution >= 4 is 10.8 Å². The average molecular weight is 238 g/mol. The SMILES string of the molecule is O=c1[nH]nc(-c2ccccc2)c2c(O)cccc12. The number of aromatic hydroxyl groups is 1. The summed E-state index contributed by atoms with van der Waals surface area (Å²) >= 11 is 0. The van der Waals surface area contributed by atoms with E-state index in [1.165, 1.54) is 0 Å². The summed E-state index contributed by atoms with van der Waals surface area (Å²) in [5, 5.41) is 17.4. The Hall–Kier alpha value is -2.62. The van der Waals surface area contributed by atoms with Gasteiger partial charge in [0.2, 0.25) is 0 Å². The van der Waals surface area contributed by atoms with E-state index in [1.807, 2.05) is 30.3 Å². The fraction of sp³-hybridized carbons (Fsp3) is 0. The van der Waals surface area contributed by atoms with Crippen molar-refractivity contribution in [2.75, 3.05) is 0 Å². The molecule has 3 aromatic rings. The van der Waals surface area contributed by atoms with E-state index in [1.54, 1.807) is 18.2 Å². The van der Waals surface area contributed by atoms with Crippen molar-refractivity contribution in [2.24, 2.45) is 0 Å². The molecule has 0 atom stereocenters. The van der Waals surface area contributed by atoms with E-state index in [0.717, 1.165) is 5.56 Å². The number of aromatic nitrogens is 2. The molecular formula is C14H10N2O2. The van der Waals surface area contributed by atoms with Gasteiger partial charge in [-0.15, -0.1) is 0 Å². The monoisotopic (exact) mass is 238 g/mol. The maximum Gasteiger partial charge on any atom is 0.272 e. The number of fused-ring (bicyclic) bond motifs is 1. The van der Waals surface area contributed by atoms with Crippen molar-refractivity contribution in [1.29, 1.82) is 0 Å². The van der Waals surface area contributed by atoms with Gasteiger partial charge in [-0.1, -0.05) is 36.4 Å². The molecule has 2 N–H and O–H groups in total. The molecule has 0 saturated carbocycles. The highest BCUT2D eigenvalue weighted by Crippen LogP contribution is 2.30. The smallest absolute Gasteiger partial charge is 0.272 e. The van der Waals surface area contributed by atoms with Crippen LogP contribution >= 0.6 is 0 Å². The molecule has 0 bridgehead atoms. The number of nitrogens with one attached hydrogen (secondary N) is 1. The molecule has 18 heavy (non-hydrogen) atoms. The minimum Gasteiger partial charge on any atom is -0.507 e. The summed E-state index contributed by atoms with van der Waals surface area (Å²) in [6.07, 6.45) is 0. The van der Waals surface area contributed by atoms with Crippen LogP contribution in [0.3, 0.4) is 0 Å². The lowest BCUT2D eigenvalue weighted by Gasteiger charge is -2.06. The van der Waals surface area contributed by atoms with E-state index >= 15 is 0 Å².